The van der Waals surface area contributed by atoms with E-state index in [-0.39, 0.29) is 21.0 Å². The van der Waals surface area contributed by atoms with Crippen LogP contribution in [-0.2, 0) is 14.3 Å². The molecular weight excluding hydrogens is 188 g/mol. The number of methoxy groups -OCH3 is 2. The molecule has 0 amide bonds. The lowest BCUT2D eigenvalue weighted by atomic mass is 10.4. The van der Waals surface area contributed by atoms with E-state index in [0.29, 0.717) is 0 Å². The highest BCUT2D eigenvalue weighted by atomic mass is 28.2. The Morgan fingerprint density at radius 2 is 1.77 bits per heavy atom. The van der Waals surface area contributed by atoms with E-state index in [9.17, 15) is 4.79 Å². The van der Waals surface area contributed by atoms with Gasteiger partial charge >= 0.3 is 5.97 Å². The highest BCUT2D eigenvalue weighted by Gasteiger charge is 1.97. The van der Waals surface area contributed by atoms with Gasteiger partial charge in [0.25, 0.3) is 0 Å². The van der Waals surface area contributed by atoms with Crippen LogP contribution in [0.4, 0.5) is 0 Å². The Balaban J connectivity index is 0. The zero-order chi connectivity index (χ0) is 10.9. The lowest BCUT2D eigenvalue weighted by Crippen LogP contribution is -2.18. The Labute approximate surface area is 81.4 Å². The zero-order valence-corrected chi connectivity index (χ0v) is 10.1. The van der Waals surface area contributed by atoms with Gasteiger partial charge in [-0.3, -0.25) is 0 Å². The Morgan fingerprint density at radius 1 is 1.46 bits per heavy atom. The van der Waals surface area contributed by atoms with Crippen molar-refractivity contribution in [2.75, 3.05) is 14.2 Å². The summed E-state index contributed by atoms with van der Waals surface area (Å²) in [6.45, 7) is 6.75. The Morgan fingerprint density at radius 3 is 1.77 bits per heavy atom. The topological polar surface area (TPSA) is 55.8 Å². The molecule has 0 bridgehead atoms. The summed E-state index contributed by atoms with van der Waals surface area (Å²) in [6, 6.07) is 0. The number of hydrogen-bond donors (Lipinski definition) is 1. The summed E-state index contributed by atoms with van der Waals surface area (Å²) in [7, 11) is 3.23. The molecule has 0 spiro atoms. The number of ether oxygens (including phenoxy) is 2. The van der Waals surface area contributed by atoms with Crippen molar-refractivity contribution in [1.82, 2.24) is 0 Å². The van der Waals surface area contributed by atoms with Crippen molar-refractivity contribution >= 4 is 15.5 Å². The average molecular weight is 206 g/mol. The minimum Gasteiger partial charge on any atom is -0.478 e. The molecule has 0 saturated heterocycles. The first-order chi connectivity index (χ1) is 5.99. The molecule has 0 aromatic rings. The molecule has 0 unspecified atom stereocenters. The van der Waals surface area contributed by atoms with Crippen LogP contribution in [0.5, 0.6) is 0 Å². The van der Waals surface area contributed by atoms with Crippen molar-refractivity contribution in [3.63, 3.8) is 0 Å². The molecule has 0 aliphatic rings. The van der Waals surface area contributed by atoms with Crippen LogP contribution in [0.3, 0.4) is 0 Å². The van der Waals surface area contributed by atoms with Crippen LogP contribution >= 0.6 is 0 Å². The van der Waals surface area contributed by atoms with Crippen LogP contribution in [0.25, 0.3) is 0 Å². The fraction of sp³-hybridized carbons (Fsp3) is 0.625. The van der Waals surface area contributed by atoms with Crippen LogP contribution in [0.15, 0.2) is 12.2 Å². The summed E-state index contributed by atoms with van der Waals surface area (Å²) < 4.78 is 9.78. The van der Waals surface area contributed by atoms with Crippen LogP contribution in [-0.4, -0.2) is 40.7 Å². The van der Waals surface area contributed by atoms with Gasteiger partial charge in [0.2, 0.25) is 0 Å². The summed E-state index contributed by atoms with van der Waals surface area (Å²) in [5.74, 6) is -0.810. The largest absolute Gasteiger partial charge is 0.478 e. The van der Waals surface area contributed by atoms with E-state index in [1.807, 2.05) is 0 Å². The third kappa shape index (κ3) is 11.3. The van der Waals surface area contributed by atoms with Crippen molar-refractivity contribution in [2.45, 2.75) is 19.4 Å². The first-order valence-corrected chi connectivity index (χ1v) is 6.17. The Hall–Kier alpha value is -0.653. The van der Waals surface area contributed by atoms with Crippen molar-refractivity contribution in [3.8, 4) is 0 Å². The van der Waals surface area contributed by atoms with Crippen LogP contribution < -0.4 is 0 Å². The van der Waals surface area contributed by atoms with Gasteiger partial charge in [0, 0.05) is 19.8 Å². The minimum absolute atomic E-state index is 0.117. The Kier molecular flexibility index (Phi) is 10.8. The second-order valence-corrected chi connectivity index (χ2v) is 3.88. The van der Waals surface area contributed by atoms with E-state index in [4.69, 9.17) is 14.6 Å². The fourth-order valence-corrected chi connectivity index (χ4v) is 1.10. The highest BCUT2D eigenvalue weighted by Crippen LogP contribution is 1.84. The molecule has 4 nitrogen and oxygen atoms in total. The molecule has 0 aromatic heterocycles. The van der Waals surface area contributed by atoms with Crippen molar-refractivity contribution in [3.05, 3.63) is 12.2 Å². The molecule has 0 atom stereocenters. The van der Waals surface area contributed by atoms with Gasteiger partial charge in [-0.25, -0.2) is 4.79 Å². The average Bonchev–Trinajstić information content (AvgIpc) is 2.08. The van der Waals surface area contributed by atoms with E-state index in [1.54, 1.807) is 14.2 Å². The van der Waals surface area contributed by atoms with Gasteiger partial charge in [0.05, 0.1) is 9.52 Å². The van der Waals surface area contributed by atoms with Crippen LogP contribution in [0.1, 0.15) is 6.92 Å². The van der Waals surface area contributed by atoms with Crippen LogP contribution in [0.2, 0.25) is 6.55 Å². The molecule has 0 aliphatic carbocycles. The fourth-order valence-electron chi connectivity index (χ4n) is 0.430. The van der Waals surface area contributed by atoms with Gasteiger partial charge in [-0.05, 0) is 6.92 Å². The van der Waals surface area contributed by atoms with E-state index in [0.717, 1.165) is 0 Å². The quantitative estimate of drug-likeness (QED) is 0.411. The maximum atomic E-state index is 9.60. The van der Waals surface area contributed by atoms with E-state index < -0.39 is 5.97 Å². The standard InChI is InChI=1S/C4H12O2Si.C4H6O2/c1-5-4(6-2)7-3;1-3(2)4(5)6/h4H,7H2,1-3H3;1H2,2H3,(H,5,6). The van der Waals surface area contributed by atoms with E-state index in [1.165, 1.54) is 6.92 Å². The van der Waals surface area contributed by atoms with Gasteiger partial charge in [-0.15, -0.1) is 0 Å². The summed E-state index contributed by atoms with van der Waals surface area (Å²) in [5.41, 5.74) is 0.176. The van der Waals surface area contributed by atoms with Gasteiger partial charge in [0.15, 0.2) is 0 Å². The molecule has 0 aromatic carbocycles. The molecule has 13 heavy (non-hydrogen) atoms. The summed E-state index contributed by atoms with van der Waals surface area (Å²) >= 11 is 0. The van der Waals surface area contributed by atoms with Crippen molar-refractivity contribution in [2.24, 2.45) is 0 Å². The SMILES string of the molecule is C=C(C)C(=O)O.COC(OC)[SiH2]C. The first kappa shape index (κ1) is 14.8. The smallest absolute Gasteiger partial charge is 0.330 e. The predicted octanol–water partition coefficient (Wildman–Crippen LogP) is 0.427. The second-order valence-electron chi connectivity index (χ2n) is 2.39. The normalized spacial score (nSPS) is 9.92. The monoisotopic (exact) mass is 206 g/mol. The summed E-state index contributed by atoms with van der Waals surface area (Å²) in [6.07, 6.45) is 0. The molecule has 0 heterocycles. The number of carboxylic acid groups (broad SMARTS) is 1. The van der Waals surface area contributed by atoms with Gasteiger partial charge in [-0.2, -0.15) is 0 Å². The number of rotatable bonds is 4. The number of carbonyl (C=O) groups is 1. The lowest BCUT2D eigenvalue weighted by Gasteiger charge is -2.08. The molecule has 0 radical (unpaired) electrons. The van der Waals surface area contributed by atoms with Gasteiger partial charge < -0.3 is 14.6 Å². The third-order valence-electron chi connectivity index (χ3n) is 1.22. The molecule has 5 heteroatoms. The maximum absolute atomic E-state index is 9.60. The lowest BCUT2D eigenvalue weighted by molar-refractivity contribution is -0.132. The Bertz CT molecular complexity index is 137. The first-order valence-electron chi connectivity index (χ1n) is 3.93. The van der Waals surface area contributed by atoms with Gasteiger partial charge in [-0.1, -0.05) is 13.1 Å². The van der Waals surface area contributed by atoms with E-state index >= 15 is 0 Å². The predicted molar refractivity (Wildman–Crippen MR) is 54.7 cm³/mol. The summed E-state index contributed by atoms with van der Waals surface area (Å²) in [4.78, 5) is 9.60. The second kappa shape index (κ2) is 9.44. The molecule has 78 valence electrons. The van der Waals surface area contributed by atoms with Crippen LogP contribution in [0, 0.1) is 0 Å². The minimum atomic E-state index is -0.935. The van der Waals surface area contributed by atoms with Gasteiger partial charge in [0.1, 0.15) is 5.91 Å². The highest BCUT2D eigenvalue weighted by molar-refractivity contribution is 6.34. The molecule has 0 fully saturated rings. The maximum Gasteiger partial charge on any atom is 0.330 e. The molecule has 0 aliphatic heterocycles. The zero-order valence-electron chi connectivity index (χ0n) is 8.66. The van der Waals surface area contributed by atoms with Crippen molar-refractivity contribution < 1.29 is 19.4 Å². The number of aliphatic carboxylic acids is 1. The van der Waals surface area contributed by atoms with E-state index in [2.05, 4.69) is 13.1 Å². The molecule has 0 rings (SSSR count). The number of hydrogen-bond acceptors (Lipinski definition) is 3. The number of carboxylic acids is 1. The molecule has 1 N–H and O–H groups in total. The van der Waals surface area contributed by atoms with Crippen molar-refractivity contribution in [1.29, 1.82) is 0 Å². The third-order valence-corrected chi connectivity index (χ3v) is 2.56. The molecular formula is C8H18O4Si. The summed E-state index contributed by atoms with van der Waals surface area (Å²) in [5, 5.41) is 7.89. The molecule has 0 saturated carbocycles.